The SMILES string of the molecule is CCC1OCCC1CNc1cc(C)ccc1[N+](=O)[O-]. The molecule has 2 atom stereocenters. The van der Waals surface area contributed by atoms with Crippen LogP contribution in [0.3, 0.4) is 0 Å². The van der Waals surface area contributed by atoms with Crippen molar-refractivity contribution in [2.45, 2.75) is 32.8 Å². The number of hydrogen-bond donors (Lipinski definition) is 1. The number of anilines is 1. The first-order chi connectivity index (χ1) is 9.11. The Hall–Kier alpha value is -1.62. The lowest BCUT2D eigenvalue weighted by atomic mass is 9.99. The number of nitrogens with one attached hydrogen (secondary N) is 1. The summed E-state index contributed by atoms with van der Waals surface area (Å²) in [6.45, 7) is 5.56. The molecule has 0 aromatic heterocycles. The number of nitro groups is 1. The maximum atomic E-state index is 11.0. The number of rotatable bonds is 5. The molecule has 0 spiro atoms. The minimum absolute atomic E-state index is 0.137. The molecule has 2 unspecified atom stereocenters. The summed E-state index contributed by atoms with van der Waals surface area (Å²) >= 11 is 0. The number of benzene rings is 1. The normalized spacial score (nSPS) is 22.4. The number of aryl methyl sites for hydroxylation is 1. The Labute approximate surface area is 113 Å². The first-order valence-electron chi connectivity index (χ1n) is 6.72. The number of hydrogen-bond acceptors (Lipinski definition) is 4. The van der Waals surface area contributed by atoms with Gasteiger partial charge in [0.25, 0.3) is 5.69 Å². The zero-order chi connectivity index (χ0) is 13.8. The van der Waals surface area contributed by atoms with Crippen LogP contribution >= 0.6 is 0 Å². The Balaban J connectivity index is 2.06. The molecule has 1 aromatic rings. The van der Waals surface area contributed by atoms with Crippen molar-refractivity contribution in [3.63, 3.8) is 0 Å². The van der Waals surface area contributed by atoms with Crippen LogP contribution in [-0.2, 0) is 4.74 Å². The smallest absolute Gasteiger partial charge is 0.292 e. The van der Waals surface area contributed by atoms with E-state index in [0.717, 1.165) is 31.6 Å². The van der Waals surface area contributed by atoms with Gasteiger partial charge < -0.3 is 10.1 Å². The molecule has 2 rings (SSSR count). The molecule has 0 radical (unpaired) electrons. The molecule has 0 saturated carbocycles. The molecule has 0 aliphatic carbocycles. The van der Waals surface area contributed by atoms with E-state index in [9.17, 15) is 10.1 Å². The van der Waals surface area contributed by atoms with E-state index in [0.29, 0.717) is 11.6 Å². The van der Waals surface area contributed by atoms with Gasteiger partial charge in [0, 0.05) is 25.1 Å². The van der Waals surface area contributed by atoms with Gasteiger partial charge >= 0.3 is 0 Å². The zero-order valence-corrected chi connectivity index (χ0v) is 11.4. The second-order valence-corrected chi connectivity index (χ2v) is 5.02. The summed E-state index contributed by atoms with van der Waals surface area (Å²) in [5, 5.41) is 14.2. The number of ether oxygens (including phenoxy) is 1. The highest BCUT2D eigenvalue weighted by molar-refractivity contribution is 5.62. The maximum absolute atomic E-state index is 11.0. The molecule has 104 valence electrons. The van der Waals surface area contributed by atoms with E-state index >= 15 is 0 Å². The fourth-order valence-corrected chi connectivity index (χ4v) is 2.57. The molecule has 1 heterocycles. The van der Waals surface area contributed by atoms with Crippen LogP contribution in [0.25, 0.3) is 0 Å². The lowest BCUT2D eigenvalue weighted by molar-refractivity contribution is -0.384. The zero-order valence-electron chi connectivity index (χ0n) is 11.4. The van der Waals surface area contributed by atoms with Gasteiger partial charge in [-0.15, -0.1) is 0 Å². The van der Waals surface area contributed by atoms with Crippen molar-refractivity contribution >= 4 is 11.4 Å². The Bertz CT molecular complexity index is 462. The van der Waals surface area contributed by atoms with E-state index in [1.807, 2.05) is 13.0 Å². The molecular formula is C14H20N2O3. The van der Waals surface area contributed by atoms with E-state index in [1.165, 1.54) is 0 Å². The molecular weight excluding hydrogens is 244 g/mol. The van der Waals surface area contributed by atoms with Crippen LogP contribution < -0.4 is 5.32 Å². The fourth-order valence-electron chi connectivity index (χ4n) is 2.57. The van der Waals surface area contributed by atoms with Crippen LogP contribution in [0, 0.1) is 23.0 Å². The molecule has 1 aromatic carbocycles. The van der Waals surface area contributed by atoms with E-state index in [-0.39, 0.29) is 16.7 Å². The fraction of sp³-hybridized carbons (Fsp3) is 0.571. The first-order valence-corrected chi connectivity index (χ1v) is 6.72. The van der Waals surface area contributed by atoms with Crippen molar-refractivity contribution < 1.29 is 9.66 Å². The second kappa shape index (κ2) is 6.02. The van der Waals surface area contributed by atoms with Crippen LogP contribution in [0.2, 0.25) is 0 Å². The third-order valence-corrected chi connectivity index (χ3v) is 3.65. The highest BCUT2D eigenvalue weighted by atomic mass is 16.6. The summed E-state index contributed by atoms with van der Waals surface area (Å²) in [7, 11) is 0. The van der Waals surface area contributed by atoms with Crippen molar-refractivity contribution in [3.8, 4) is 0 Å². The number of nitro benzene ring substituents is 1. The standard InChI is InChI=1S/C14H20N2O3/c1-3-14-11(6-7-19-14)9-15-12-8-10(2)4-5-13(12)16(17)18/h4-5,8,11,14-15H,3,6-7,9H2,1-2H3. The Kier molecular flexibility index (Phi) is 4.37. The second-order valence-electron chi connectivity index (χ2n) is 5.02. The molecule has 5 nitrogen and oxygen atoms in total. The molecule has 1 aliphatic rings. The summed E-state index contributed by atoms with van der Waals surface area (Å²) in [6.07, 6.45) is 2.28. The topological polar surface area (TPSA) is 64.4 Å². The minimum atomic E-state index is -0.343. The number of nitrogens with zero attached hydrogens (tertiary/aromatic N) is 1. The predicted octanol–water partition coefficient (Wildman–Crippen LogP) is 3.13. The van der Waals surface area contributed by atoms with E-state index in [1.54, 1.807) is 12.1 Å². The Morgan fingerprint density at radius 1 is 1.53 bits per heavy atom. The van der Waals surface area contributed by atoms with Crippen molar-refractivity contribution in [3.05, 3.63) is 33.9 Å². The van der Waals surface area contributed by atoms with Crippen LogP contribution in [0.4, 0.5) is 11.4 Å². The highest BCUT2D eigenvalue weighted by Crippen LogP contribution is 2.28. The first kappa shape index (κ1) is 13.8. The van der Waals surface area contributed by atoms with E-state index in [4.69, 9.17) is 4.74 Å². The Morgan fingerprint density at radius 3 is 3.00 bits per heavy atom. The largest absolute Gasteiger partial charge is 0.379 e. The average molecular weight is 264 g/mol. The van der Waals surface area contributed by atoms with Gasteiger partial charge in [-0.2, -0.15) is 0 Å². The quantitative estimate of drug-likeness (QED) is 0.655. The predicted molar refractivity (Wildman–Crippen MR) is 74.5 cm³/mol. The van der Waals surface area contributed by atoms with Gasteiger partial charge in [0.1, 0.15) is 5.69 Å². The van der Waals surface area contributed by atoms with Gasteiger partial charge in [-0.05, 0) is 31.4 Å². The molecule has 1 saturated heterocycles. The maximum Gasteiger partial charge on any atom is 0.292 e. The Morgan fingerprint density at radius 2 is 2.32 bits per heavy atom. The lowest BCUT2D eigenvalue weighted by Crippen LogP contribution is -2.23. The van der Waals surface area contributed by atoms with E-state index < -0.39 is 0 Å². The van der Waals surface area contributed by atoms with Crippen LogP contribution in [0.15, 0.2) is 18.2 Å². The highest BCUT2D eigenvalue weighted by Gasteiger charge is 2.27. The summed E-state index contributed by atoms with van der Waals surface area (Å²) in [4.78, 5) is 10.6. The molecule has 5 heteroatoms. The molecule has 1 aliphatic heterocycles. The molecule has 19 heavy (non-hydrogen) atoms. The van der Waals surface area contributed by atoms with Gasteiger partial charge in [0.15, 0.2) is 0 Å². The van der Waals surface area contributed by atoms with Gasteiger partial charge in [-0.3, -0.25) is 10.1 Å². The van der Waals surface area contributed by atoms with E-state index in [2.05, 4.69) is 12.2 Å². The monoisotopic (exact) mass is 264 g/mol. The van der Waals surface area contributed by atoms with Gasteiger partial charge in [0.05, 0.1) is 11.0 Å². The molecule has 1 fully saturated rings. The van der Waals surface area contributed by atoms with Crippen molar-refractivity contribution in [2.75, 3.05) is 18.5 Å². The van der Waals surface area contributed by atoms with Crippen LogP contribution in [0.1, 0.15) is 25.3 Å². The van der Waals surface area contributed by atoms with Crippen molar-refractivity contribution in [2.24, 2.45) is 5.92 Å². The summed E-state index contributed by atoms with van der Waals surface area (Å²) in [5.74, 6) is 0.435. The third-order valence-electron chi connectivity index (χ3n) is 3.65. The van der Waals surface area contributed by atoms with Crippen molar-refractivity contribution in [1.82, 2.24) is 0 Å². The van der Waals surface area contributed by atoms with Gasteiger partial charge in [0.2, 0.25) is 0 Å². The third kappa shape index (κ3) is 3.23. The lowest BCUT2D eigenvalue weighted by Gasteiger charge is -2.18. The molecule has 0 bridgehead atoms. The van der Waals surface area contributed by atoms with Crippen LogP contribution in [0.5, 0.6) is 0 Å². The summed E-state index contributed by atoms with van der Waals surface area (Å²) in [5.41, 5.74) is 1.76. The molecule has 1 N–H and O–H groups in total. The molecule has 0 amide bonds. The van der Waals surface area contributed by atoms with Crippen LogP contribution in [-0.4, -0.2) is 24.2 Å². The summed E-state index contributed by atoms with van der Waals surface area (Å²) in [6, 6.07) is 5.14. The van der Waals surface area contributed by atoms with Gasteiger partial charge in [-0.1, -0.05) is 13.0 Å². The summed E-state index contributed by atoms with van der Waals surface area (Å²) < 4.78 is 5.63. The van der Waals surface area contributed by atoms with Gasteiger partial charge in [-0.25, -0.2) is 0 Å². The minimum Gasteiger partial charge on any atom is -0.379 e. The average Bonchev–Trinajstić information content (AvgIpc) is 2.83. The van der Waals surface area contributed by atoms with Crippen molar-refractivity contribution in [1.29, 1.82) is 0 Å².